The van der Waals surface area contributed by atoms with Gasteiger partial charge in [-0.2, -0.15) is 8.42 Å². The van der Waals surface area contributed by atoms with Crippen LogP contribution in [0.5, 0.6) is 0 Å². The molecule has 4 aromatic rings. The molecule has 0 bridgehead atoms. The summed E-state index contributed by atoms with van der Waals surface area (Å²) >= 11 is 7.50. The molecule has 0 aliphatic heterocycles. The zero-order valence-electron chi connectivity index (χ0n) is 17.6. The number of halogens is 1. The number of oxazole rings is 1. The third kappa shape index (κ3) is 6.45. The van der Waals surface area contributed by atoms with E-state index in [1.54, 1.807) is 42.5 Å². The van der Waals surface area contributed by atoms with E-state index < -0.39 is 16.3 Å². The van der Waals surface area contributed by atoms with Crippen molar-refractivity contribution in [2.45, 2.75) is 18.9 Å². The van der Waals surface area contributed by atoms with Crippen LogP contribution >= 0.6 is 22.9 Å². The van der Waals surface area contributed by atoms with Crippen LogP contribution in [0, 0.1) is 0 Å². The van der Waals surface area contributed by atoms with Gasteiger partial charge in [0.1, 0.15) is 12.0 Å². The quantitative estimate of drug-likeness (QED) is 0.271. The van der Waals surface area contributed by atoms with Gasteiger partial charge >= 0.3 is 10.3 Å². The lowest BCUT2D eigenvalue weighted by atomic mass is 10.0. The van der Waals surface area contributed by atoms with E-state index in [1.807, 2.05) is 17.5 Å². The van der Waals surface area contributed by atoms with Gasteiger partial charge in [-0.1, -0.05) is 48.0 Å². The largest absolute Gasteiger partial charge is 0.443 e. The number of rotatable bonds is 9. The van der Waals surface area contributed by atoms with E-state index in [4.69, 9.17) is 16.0 Å². The lowest BCUT2D eigenvalue weighted by molar-refractivity contribution is -0.121. The molecule has 2 aromatic carbocycles. The summed E-state index contributed by atoms with van der Waals surface area (Å²) in [6.07, 6.45) is 1.76. The summed E-state index contributed by atoms with van der Waals surface area (Å²) in [6.45, 7) is 0. The molecule has 0 saturated heterocycles. The maximum Gasteiger partial charge on any atom is 0.357 e. The Morgan fingerprint density at radius 2 is 1.97 bits per heavy atom. The first-order valence-electron chi connectivity index (χ1n) is 10.1. The van der Waals surface area contributed by atoms with Gasteiger partial charge in [0.15, 0.2) is 0 Å². The number of amides is 1. The normalized spacial score (nSPS) is 12.3. The zero-order valence-corrected chi connectivity index (χ0v) is 20.0. The number of carbonyl (C=O) groups is 1. The van der Waals surface area contributed by atoms with Crippen molar-refractivity contribution >= 4 is 44.8 Å². The van der Waals surface area contributed by atoms with Crippen molar-refractivity contribution in [2.24, 2.45) is 0 Å². The van der Waals surface area contributed by atoms with E-state index in [2.05, 4.69) is 15.0 Å². The first-order valence-corrected chi connectivity index (χ1v) is 12.8. The highest BCUT2D eigenvalue weighted by Gasteiger charge is 2.22. The number of para-hydroxylation sites is 1. The Labute approximate surface area is 205 Å². The number of aromatic nitrogens is 1. The molecular weight excluding hydrogens is 498 g/mol. The molecule has 0 aliphatic carbocycles. The minimum atomic E-state index is -4.48. The summed E-state index contributed by atoms with van der Waals surface area (Å²) in [5, 5.41) is 5.39. The summed E-state index contributed by atoms with van der Waals surface area (Å²) in [4.78, 5) is 18.3. The highest BCUT2D eigenvalue weighted by molar-refractivity contribution is 7.87. The summed E-state index contributed by atoms with van der Waals surface area (Å²) < 4.78 is 39.7. The Balaban J connectivity index is 1.61. The maximum atomic E-state index is 12.9. The summed E-state index contributed by atoms with van der Waals surface area (Å²) in [5.74, 6) is 0.150. The lowest BCUT2D eigenvalue weighted by Gasteiger charge is -2.19. The Morgan fingerprint density at radius 1 is 1.15 bits per heavy atom. The average molecular weight is 518 g/mol. The second-order valence-electron chi connectivity index (χ2n) is 7.42. The fourth-order valence-electron chi connectivity index (χ4n) is 3.42. The number of hydrogen-bond donors (Lipinski definition) is 3. The molecule has 1 unspecified atom stereocenters. The van der Waals surface area contributed by atoms with Gasteiger partial charge in [0.05, 0.1) is 23.0 Å². The zero-order chi connectivity index (χ0) is 24.1. The topological polar surface area (TPSA) is 122 Å². The Bertz CT molecular complexity index is 1390. The van der Waals surface area contributed by atoms with Crippen LogP contribution in [-0.2, 0) is 27.9 Å². The van der Waals surface area contributed by atoms with Gasteiger partial charge in [0.25, 0.3) is 0 Å². The van der Waals surface area contributed by atoms with Gasteiger partial charge in [-0.15, -0.1) is 11.3 Å². The predicted molar refractivity (Wildman–Crippen MR) is 131 cm³/mol. The highest BCUT2D eigenvalue weighted by Crippen LogP contribution is 2.28. The SMILES string of the molecule is O=C(Cc1cccc(Cl)c1)NC(Cc1ccccc1NS(=O)(=O)O)c1coc(-c2cccs2)n1. The van der Waals surface area contributed by atoms with E-state index >= 15 is 0 Å². The van der Waals surface area contributed by atoms with Gasteiger partial charge in [0.2, 0.25) is 11.8 Å². The van der Waals surface area contributed by atoms with Crippen LogP contribution in [0.3, 0.4) is 0 Å². The van der Waals surface area contributed by atoms with E-state index in [0.717, 1.165) is 10.4 Å². The Morgan fingerprint density at radius 3 is 2.71 bits per heavy atom. The predicted octanol–water partition coefficient (Wildman–Crippen LogP) is 4.91. The minimum absolute atomic E-state index is 0.0949. The van der Waals surface area contributed by atoms with E-state index in [9.17, 15) is 17.8 Å². The number of anilines is 1. The molecule has 8 nitrogen and oxygen atoms in total. The summed E-state index contributed by atoms with van der Waals surface area (Å²) in [7, 11) is -4.48. The van der Waals surface area contributed by atoms with Gasteiger partial charge < -0.3 is 9.73 Å². The molecular formula is C23H20ClN3O5S2. The van der Waals surface area contributed by atoms with Crippen molar-refractivity contribution in [3.05, 3.63) is 94.2 Å². The van der Waals surface area contributed by atoms with E-state index in [-0.39, 0.29) is 24.4 Å². The molecule has 0 saturated carbocycles. The second-order valence-corrected chi connectivity index (χ2v) is 9.96. The van der Waals surface area contributed by atoms with Crippen LogP contribution in [0.4, 0.5) is 5.69 Å². The molecule has 0 radical (unpaired) electrons. The Hall–Kier alpha value is -3.18. The van der Waals surface area contributed by atoms with Crippen LogP contribution in [0.1, 0.15) is 22.9 Å². The van der Waals surface area contributed by atoms with Crippen molar-refractivity contribution in [1.29, 1.82) is 0 Å². The summed E-state index contributed by atoms with van der Waals surface area (Å²) in [6, 6.07) is 16.7. The van der Waals surface area contributed by atoms with Gasteiger partial charge in [-0.25, -0.2) is 4.98 Å². The van der Waals surface area contributed by atoms with Crippen LogP contribution in [-0.4, -0.2) is 23.9 Å². The van der Waals surface area contributed by atoms with Crippen molar-refractivity contribution in [2.75, 3.05) is 4.72 Å². The molecule has 1 amide bonds. The highest BCUT2D eigenvalue weighted by atomic mass is 35.5. The third-order valence-corrected chi connectivity index (χ3v) is 6.45. The second kappa shape index (κ2) is 10.4. The molecule has 0 fully saturated rings. The standard InChI is InChI=1S/C23H20ClN3O5S2/c24-17-7-3-5-15(11-17)12-22(28)25-19(20-14-32-23(26-20)21-9-4-10-33-21)13-16-6-1-2-8-18(16)27-34(29,30)31/h1-11,14,19,27H,12-13H2,(H,25,28)(H,29,30,31). The monoisotopic (exact) mass is 517 g/mol. The summed E-state index contributed by atoms with van der Waals surface area (Å²) in [5.41, 5.74) is 1.97. The van der Waals surface area contributed by atoms with E-state index in [0.29, 0.717) is 22.2 Å². The maximum absolute atomic E-state index is 12.9. The fourth-order valence-corrected chi connectivity index (χ4v) is 4.77. The molecule has 2 aromatic heterocycles. The van der Waals surface area contributed by atoms with Gasteiger partial charge in [0, 0.05) is 11.4 Å². The number of thiophene rings is 1. The average Bonchev–Trinajstić information content (AvgIpc) is 3.46. The van der Waals surface area contributed by atoms with Crippen LogP contribution in [0.2, 0.25) is 5.02 Å². The number of nitrogens with one attached hydrogen (secondary N) is 2. The fraction of sp³-hybridized carbons (Fsp3) is 0.130. The molecule has 0 aliphatic rings. The molecule has 34 heavy (non-hydrogen) atoms. The molecule has 2 heterocycles. The lowest BCUT2D eigenvalue weighted by Crippen LogP contribution is -2.31. The first-order chi connectivity index (χ1) is 16.3. The van der Waals surface area contributed by atoms with E-state index in [1.165, 1.54) is 23.7 Å². The first kappa shape index (κ1) is 24.0. The minimum Gasteiger partial charge on any atom is -0.443 e. The van der Waals surface area contributed by atoms with Crippen molar-refractivity contribution < 1.29 is 22.2 Å². The Kier molecular flexibility index (Phi) is 7.32. The molecule has 4 rings (SSSR count). The van der Waals surface area contributed by atoms with Crippen molar-refractivity contribution in [3.63, 3.8) is 0 Å². The molecule has 0 spiro atoms. The number of carbonyl (C=O) groups excluding carboxylic acids is 1. The van der Waals surface area contributed by atoms with Gasteiger partial charge in [-0.05, 0) is 40.8 Å². The van der Waals surface area contributed by atoms with Crippen LogP contribution < -0.4 is 10.0 Å². The third-order valence-electron chi connectivity index (χ3n) is 4.88. The molecule has 3 N–H and O–H groups in total. The molecule has 11 heteroatoms. The smallest absolute Gasteiger partial charge is 0.357 e. The van der Waals surface area contributed by atoms with Crippen molar-refractivity contribution in [3.8, 4) is 10.8 Å². The number of benzene rings is 2. The van der Waals surface area contributed by atoms with Gasteiger partial charge in [-0.3, -0.25) is 14.1 Å². The molecule has 176 valence electrons. The van der Waals surface area contributed by atoms with Crippen LogP contribution in [0.25, 0.3) is 10.8 Å². The van der Waals surface area contributed by atoms with Crippen LogP contribution in [0.15, 0.2) is 76.7 Å². The number of hydrogen-bond acceptors (Lipinski definition) is 6. The molecule has 1 atom stereocenters. The number of nitrogens with zero attached hydrogens (tertiary/aromatic N) is 1. The van der Waals surface area contributed by atoms with Crippen molar-refractivity contribution in [1.82, 2.24) is 10.3 Å².